The lowest BCUT2D eigenvalue weighted by Crippen LogP contribution is -2.53. The molecule has 1 saturated carbocycles. The number of aliphatic hydroxyl groups is 1. The molecule has 0 radical (unpaired) electrons. The first-order valence-electron chi connectivity index (χ1n) is 8.65. The molecule has 0 amide bonds. The van der Waals surface area contributed by atoms with E-state index in [4.69, 9.17) is 0 Å². The second-order valence-electron chi connectivity index (χ2n) is 7.37. The lowest BCUT2D eigenvalue weighted by molar-refractivity contribution is -0.0224. The molecule has 0 spiro atoms. The Kier molecular flexibility index (Phi) is 5.88. The van der Waals surface area contributed by atoms with Gasteiger partial charge >= 0.3 is 0 Å². The Morgan fingerprint density at radius 1 is 1.20 bits per heavy atom. The molecule has 1 aliphatic heterocycles. The maximum absolute atomic E-state index is 10.5. The van der Waals surface area contributed by atoms with E-state index in [1.54, 1.807) is 0 Å². The van der Waals surface area contributed by atoms with Crippen LogP contribution in [0.2, 0.25) is 0 Å². The zero-order chi connectivity index (χ0) is 14.7. The minimum Gasteiger partial charge on any atom is -0.391 e. The Balaban J connectivity index is 2.09. The summed E-state index contributed by atoms with van der Waals surface area (Å²) < 4.78 is 0. The highest BCUT2D eigenvalue weighted by Crippen LogP contribution is 2.34. The van der Waals surface area contributed by atoms with Crippen LogP contribution in [0.1, 0.15) is 52.9 Å². The molecule has 20 heavy (non-hydrogen) atoms. The van der Waals surface area contributed by atoms with Gasteiger partial charge in [-0.25, -0.2) is 0 Å². The topological polar surface area (TPSA) is 26.7 Å². The number of aliphatic hydroxyl groups excluding tert-OH is 1. The summed E-state index contributed by atoms with van der Waals surface area (Å²) in [5.74, 6) is 1.54. The van der Waals surface area contributed by atoms with Gasteiger partial charge in [0.15, 0.2) is 0 Å². The minimum absolute atomic E-state index is 0.109. The van der Waals surface area contributed by atoms with Gasteiger partial charge in [0, 0.05) is 25.2 Å². The van der Waals surface area contributed by atoms with E-state index in [1.165, 1.54) is 32.2 Å². The van der Waals surface area contributed by atoms with Crippen molar-refractivity contribution < 1.29 is 5.11 Å². The van der Waals surface area contributed by atoms with E-state index in [0.717, 1.165) is 31.3 Å². The van der Waals surface area contributed by atoms with E-state index in [0.29, 0.717) is 12.1 Å². The molecule has 4 atom stereocenters. The predicted octanol–water partition coefficient (Wildman–Crippen LogP) is 2.59. The second kappa shape index (κ2) is 7.24. The van der Waals surface area contributed by atoms with E-state index in [1.807, 2.05) is 0 Å². The Hall–Kier alpha value is -0.120. The molecule has 2 fully saturated rings. The molecule has 0 aromatic rings. The lowest BCUT2D eigenvalue weighted by Gasteiger charge is -2.44. The zero-order valence-corrected chi connectivity index (χ0v) is 13.9. The summed E-state index contributed by atoms with van der Waals surface area (Å²) in [7, 11) is 2.24. The van der Waals surface area contributed by atoms with Crippen LogP contribution >= 0.6 is 0 Å². The van der Waals surface area contributed by atoms with Gasteiger partial charge in [-0.2, -0.15) is 0 Å². The first-order valence-corrected chi connectivity index (χ1v) is 8.65. The van der Waals surface area contributed by atoms with E-state index < -0.39 is 0 Å². The molecular formula is C17H34N2O. The van der Waals surface area contributed by atoms with Gasteiger partial charge in [0.05, 0.1) is 6.10 Å². The van der Waals surface area contributed by atoms with Crippen molar-refractivity contribution >= 4 is 0 Å². The average Bonchev–Trinajstić information content (AvgIpc) is 2.60. The van der Waals surface area contributed by atoms with Crippen molar-refractivity contribution in [2.75, 3.05) is 26.7 Å². The molecule has 0 bridgehead atoms. The molecule has 1 saturated heterocycles. The SMILES string of the molecule is CCC1CN(C)CCCN1C1CC(C(C)C)CCC1O. The van der Waals surface area contributed by atoms with Gasteiger partial charge in [-0.15, -0.1) is 0 Å². The fourth-order valence-corrected chi connectivity index (χ4v) is 4.19. The first kappa shape index (κ1) is 16.3. The third-order valence-corrected chi connectivity index (χ3v) is 5.61. The fraction of sp³-hybridized carbons (Fsp3) is 1.00. The van der Waals surface area contributed by atoms with Crippen LogP contribution in [-0.2, 0) is 0 Å². The highest BCUT2D eigenvalue weighted by atomic mass is 16.3. The molecule has 3 nitrogen and oxygen atoms in total. The summed E-state index contributed by atoms with van der Waals surface area (Å²) in [5, 5.41) is 10.5. The number of nitrogens with zero attached hydrogens (tertiary/aromatic N) is 2. The monoisotopic (exact) mass is 282 g/mol. The number of hydrogen-bond donors (Lipinski definition) is 1. The zero-order valence-electron chi connectivity index (χ0n) is 13.9. The average molecular weight is 282 g/mol. The highest BCUT2D eigenvalue weighted by molar-refractivity contribution is 4.92. The second-order valence-corrected chi connectivity index (χ2v) is 7.37. The summed E-state index contributed by atoms with van der Waals surface area (Å²) in [6.45, 7) is 10.5. The maximum Gasteiger partial charge on any atom is 0.0695 e. The summed E-state index contributed by atoms with van der Waals surface area (Å²) in [5.41, 5.74) is 0. The Morgan fingerprint density at radius 2 is 1.95 bits per heavy atom. The Morgan fingerprint density at radius 3 is 2.60 bits per heavy atom. The normalized spacial score (nSPS) is 38.1. The van der Waals surface area contributed by atoms with Crippen molar-refractivity contribution in [3.63, 3.8) is 0 Å². The van der Waals surface area contributed by atoms with E-state index in [9.17, 15) is 5.11 Å². The summed E-state index contributed by atoms with van der Waals surface area (Å²) >= 11 is 0. The molecule has 2 rings (SSSR count). The summed E-state index contributed by atoms with van der Waals surface area (Å²) in [6, 6.07) is 1.01. The van der Waals surface area contributed by atoms with Crippen LogP contribution < -0.4 is 0 Å². The van der Waals surface area contributed by atoms with Crippen LogP contribution in [0.3, 0.4) is 0 Å². The smallest absolute Gasteiger partial charge is 0.0695 e. The Labute approximate surface area is 125 Å². The first-order chi connectivity index (χ1) is 9.52. The predicted molar refractivity (Wildman–Crippen MR) is 84.9 cm³/mol. The largest absolute Gasteiger partial charge is 0.391 e. The molecular weight excluding hydrogens is 248 g/mol. The van der Waals surface area contributed by atoms with Gasteiger partial charge in [-0.3, -0.25) is 4.90 Å². The molecule has 2 aliphatic rings. The summed E-state index contributed by atoms with van der Waals surface area (Å²) in [6.07, 6.45) is 5.72. The van der Waals surface area contributed by atoms with Crippen molar-refractivity contribution in [1.29, 1.82) is 0 Å². The molecule has 1 heterocycles. The molecule has 4 unspecified atom stereocenters. The van der Waals surface area contributed by atoms with Gasteiger partial charge in [0.1, 0.15) is 0 Å². The van der Waals surface area contributed by atoms with E-state index in [2.05, 4.69) is 37.6 Å². The van der Waals surface area contributed by atoms with Crippen molar-refractivity contribution in [2.45, 2.75) is 71.1 Å². The third-order valence-electron chi connectivity index (χ3n) is 5.61. The van der Waals surface area contributed by atoms with Crippen molar-refractivity contribution in [2.24, 2.45) is 11.8 Å². The van der Waals surface area contributed by atoms with Gasteiger partial charge in [-0.05, 0) is 57.5 Å². The van der Waals surface area contributed by atoms with Crippen molar-refractivity contribution in [1.82, 2.24) is 9.80 Å². The van der Waals surface area contributed by atoms with Crippen molar-refractivity contribution in [3.8, 4) is 0 Å². The van der Waals surface area contributed by atoms with Crippen molar-refractivity contribution in [3.05, 3.63) is 0 Å². The van der Waals surface area contributed by atoms with E-state index >= 15 is 0 Å². The molecule has 118 valence electrons. The summed E-state index contributed by atoms with van der Waals surface area (Å²) in [4.78, 5) is 5.12. The van der Waals surface area contributed by atoms with Crippen LogP contribution in [0.15, 0.2) is 0 Å². The standard InChI is InChI=1S/C17H34N2O/c1-5-15-12-18(4)9-6-10-19(15)16-11-14(13(2)3)7-8-17(16)20/h13-17,20H,5-12H2,1-4H3. The molecule has 0 aromatic carbocycles. The minimum atomic E-state index is -0.109. The fourth-order valence-electron chi connectivity index (χ4n) is 4.19. The van der Waals surface area contributed by atoms with Crippen LogP contribution in [-0.4, -0.2) is 59.8 Å². The maximum atomic E-state index is 10.5. The number of rotatable bonds is 3. The Bertz CT molecular complexity index is 295. The van der Waals surface area contributed by atoms with Crippen LogP contribution in [0.25, 0.3) is 0 Å². The molecule has 3 heteroatoms. The quantitative estimate of drug-likeness (QED) is 0.862. The molecule has 0 aromatic heterocycles. The highest BCUT2D eigenvalue weighted by Gasteiger charge is 2.37. The number of likely N-dealkylation sites (N-methyl/N-ethyl adjacent to an activating group) is 1. The van der Waals surface area contributed by atoms with Gasteiger partial charge < -0.3 is 10.0 Å². The van der Waals surface area contributed by atoms with Crippen LogP contribution in [0, 0.1) is 11.8 Å². The van der Waals surface area contributed by atoms with Gasteiger partial charge in [0.2, 0.25) is 0 Å². The molecule has 1 N–H and O–H groups in total. The van der Waals surface area contributed by atoms with Gasteiger partial charge in [0.25, 0.3) is 0 Å². The van der Waals surface area contributed by atoms with Crippen LogP contribution in [0.5, 0.6) is 0 Å². The van der Waals surface area contributed by atoms with E-state index in [-0.39, 0.29) is 6.10 Å². The number of hydrogen-bond acceptors (Lipinski definition) is 3. The van der Waals surface area contributed by atoms with Crippen LogP contribution in [0.4, 0.5) is 0 Å². The molecule has 1 aliphatic carbocycles. The van der Waals surface area contributed by atoms with Gasteiger partial charge in [-0.1, -0.05) is 20.8 Å². The lowest BCUT2D eigenvalue weighted by atomic mass is 9.77. The third kappa shape index (κ3) is 3.75.